The van der Waals surface area contributed by atoms with Crippen molar-refractivity contribution in [1.82, 2.24) is 0 Å². The summed E-state index contributed by atoms with van der Waals surface area (Å²) < 4.78 is 0. The highest BCUT2D eigenvalue weighted by Crippen LogP contribution is 1.97. The lowest BCUT2D eigenvalue weighted by molar-refractivity contribution is -0.691. The maximum Gasteiger partial charge on any atom is 0.0853 e. The number of halogens is 2. The van der Waals surface area contributed by atoms with Crippen LogP contribution in [0.1, 0.15) is 79.1 Å². The average Bonchev–Trinajstić information content (AvgIpc) is 2.41. The van der Waals surface area contributed by atoms with E-state index in [4.69, 9.17) is 0 Å². The van der Waals surface area contributed by atoms with E-state index in [2.05, 4.69) is 38.3 Å². The molecule has 0 fully saturated rings. The average molecular weight is 418 g/mol. The molecule has 0 atom stereocenters. The number of rotatable bonds is 13. The molecule has 0 bridgehead atoms. The van der Waals surface area contributed by atoms with Gasteiger partial charge in [-0.25, -0.2) is 0 Å². The quantitative estimate of drug-likeness (QED) is 0.287. The fraction of sp³-hybridized carbons (Fsp3) is 1.00. The van der Waals surface area contributed by atoms with Crippen LogP contribution >= 0.6 is 0 Å². The lowest BCUT2D eigenvalue weighted by Crippen LogP contribution is -3.00. The molecule has 126 valence electrons. The highest BCUT2D eigenvalue weighted by Gasteiger charge is 2.06. The summed E-state index contributed by atoms with van der Waals surface area (Å²) in [5.74, 6) is 0. The minimum Gasteiger partial charge on any atom is -1.00 e. The number of hydrogen-bond acceptors (Lipinski definition) is 0. The summed E-state index contributed by atoms with van der Waals surface area (Å²) in [6, 6.07) is 1.74. The van der Waals surface area contributed by atoms with Crippen molar-refractivity contribution < 1.29 is 44.6 Å². The third-order valence-corrected chi connectivity index (χ3v) is 4.26. The second-order valence-corrected chi connectivity index (χ2v) is 5.62. The number of unbranched alkanes of at least 4 members (excludes halogenated alkanes) is 3. The van der Waals surface area contributed by atoms with E-state index in [1.54, 1.807) is 0 Å². The van der Waals surface area contributed by atoms with E-state index in [0.29, 0.717) is 0 Å². The van der Waals surface area contributed by atoms with Gasteiger partial charge >= 0.3 is 0 Å². The highest BCUT2D eigenvalue weighted by molar-refractivity contribution is 4.48. The maximum atomic E-state index is 2.55. The maximum absolute atomic E-state index is 2.55. The Morgan fingerprint density at radius 1 is 0.550 bits per heavy atom. The van der Waals surface area contributed by atoms with Crippen molar-refractivity contribution in [2.24, 2.45) is 0 Å². The van der Waals surface area contributed by atoms with Crippen LogP contribution in [0.5, 0.6) is 0 Å². The van der Waals surface area contributed by atoms with Crippen molar-refractivity contribution in [3.8, 4) is 0 Å². The minimum atomic E-state index is 0. The molecule has 4 heteroatoms. The molecular formula is C16H38Br2N2. The first-order valence-electron chi connectivity index (χ1n) is 8.44. The van der Waals surface area contributed by atoms with Crippen LogP contribution in [-0.2, 0) is 0 Å². The van der Waals surface area contributed by atoms with Crippen LogP contribution < -0.4 is 44.6 Å². The van der Waals surface area contributed by atoms with E-state index < -0.39 is 0 Å². The van der Waals surface area contributed by atoms with Gasteiger partial charge in [-0.2, -0.15) is 0 Å². The Kier molecular flexibility index (Phi) is 25.7. The molecule has 0 aliphatic rings. The number of hydrogen-bond donors (Lipinski definition) is 2. The second kappa shape index (κ2) is 19.9. The molecular weight excluding hydrogens is 380 g/mol. The molecule has 0 spiro atoms. The van der Waals surface area contributed by atoms with Gasteiger partial charge in [0.05, 0.1) is 25.2 Å². The first-order valence-corrected chi connectivity index (χ1v) is 8.44. The third-order valence-electron chi connectivity index (χ3n) is 4.26. The van der Waals surface area contributed by atoms with Gasteiger partial charge in [-0.15, -0.1) is 0 Å². The van der Waals surface area contributed by atoms with Gasteiger partial charge in [0.25, 0.3) is 0 Å². The van der Waals surface area contributed by atoms with Gasteiger partial charge in [-0.3, -0.25) is 0 Å². The van der Waals surface area contributed by atoms with Gasteiger partial charge in [0, 0.05) is 0 Å². The predicted molar refractivity (Wildman–Crippen MR) is 80.8 cm³/mol. The van der Waals surface area contributed by atoms with Crippen molar-refractivity contribution in [3.63, 3.8) is 0 Å². The van der Waals surface area contributed by atoms with E-state index >= 15 is 0 Å². The predicted octanol–water partition coefficient (Wildman–Crippen LogP) is -3.94. The Morgan fingerprint density at radius 2 is 0.850 bits per heavy atom. The lowest BCUT2D eigenvalue weighted by atomic mass is 10.1. The van der Waals surface area contributed by atoms with Crippen molar-refractivity contribution in [2.75, 3.05) is 13.1 Å². The SMILES string of the molecule is CCC(CC)[NH2+]CCCCCC[NH2+]C(CC)CC.[Br-].[Br-]. The van der Waals surface area contributed by atoms with E-state index in [1.807, 2.05) is 0 Å². The van der Waals surface area contributed by atoms with Crippen molar-refractivity contribution in [2.45, 2.75) is 91.1 Å². The van der Waals surface area contributed by atoms with Gasteiger partial charge in [-0.1, -0.05) is 27.7 Å². The first kappa shape index (κ1) is 25.8. The monoisotopic (exact) mass is 416 g/mol. The first-order chi connectivity index (χ1) is 8.78. The van der Waals surface area contributed by atoms with E-state index in [1.165, 1.54) is 64.5 Å². The molecule has 0 aliphatic carbocycles. The normalized spacial score (nSPS) is 10.5. The zero-order chi connectivity index (χ0) is 13.6. The van der Waals surface area contributed by atoms with Crippen LogP contribution in [0.4, 0.5) is 0 Å². The van der Waals surface area contributed by atoms with Gasteiger partial charge in [0.1, 0.15) is 0 Å². The molecule has 0 heterocycles. The topological polar surface area (TPSA) is 33.2 Å². The summed E-state index contributed by atoms with van der Waals surface area (Å²) in [6.45, 7) is 11.9. The zero-order valence-electron chi connectivity index (χ0n) is 14.1. The summed E-state index contributed by atoms with van der Waals surface area (Å²) in [4.78, 5) is 0. The summed E-state index contributed by atoms with van der Waals surface area (Å²) in [6.07, 6.45) is 10.9. The molecule has 0 radical (unpaired) electrons. The summed E-state index contributed by atoms with van der Waals surface area (Å²) in [7, 11) is 0. The van der Waals surface area contributed by atoms with Crippen LogP contribution in [-0.4, -0.2) is 25.2 Å². The molecule has 0 aliphatic heterocycles. The lowest BCUT2D eigenvalue weighted by Gasteiger charge is -2.12. The minimum absolute atomic E-state index is 0. The van der Waals surface area contributed by atoms with Gasteiger partial charge < -0.3 is 44.6 Å². The molecule has 0 saturated carbocycles. The Hall–Kier alpha value is 0.880. The highest BCUT2D eigenvalue weighted by atomic mass is 79.9. The van der Waals surface area contributed by atoms with Crippen LogP contribution in [0, 0.1) is 0 Å². The van der Waals surface area contributed by atoms with Crippen LogP contribution in [0.3, 0.4) is 0 Å². The molecule has 0 saturated heterocycles. The molecule has 0 unspecified atom stereocenters. The fourth-order valence-electron chi connectivity index (χ4n) is 2.59. The Labute approximate surface area is 148 Å². The molecule has 0 aromatic rings. The standard InChI is InChI=1S/C16H36N2.2BrH/c1-5-15(6-2)17-13-11-9-10-12-14-18-16(7-3)8-4;;/h15-18H,5-14H2,1-4H3;2*1H. The van der Waals surface area contributed by atoms with E-state index in [-0.39, 0.29) is 34.0 Å². The molecule has 20 heavy (non-hydrogen) atoms. The second-order valence-electron chi connectivity index (χ2n) is 5.62. The van der Waals surface area contributed by atoms with Crippen molar-refractivity contribution in [3.05, 3.63) is 0 Å². The molecule has 0 rings (SSSR count). The summed E-state index contributed by atoms with van der Waals surface area (Å²) in [5.41, 5.74) is 0. The fourth-order valence-corrected chi connectivity index (χ4v) is 2.59. The molecule has 0 aromatic carbocycles. The van der Waals surface area contributed by atoms with Gasteiger partial charge in [0.15, 0.2) is 0 Å². The Bertz CT molecular complexity index is 143. The molecule has 2 nitrogen and oxygen atoms in total. The Morgan fingerprint density at radius 3 is 1.10 bits per heavy atom. The molecule has 4 N–H and O–H groups in total. The summed E-state index contributed by atoms with van der Waals surface area (Å²) in [5, 5.41) is 5.10. The van der Waals surface area contributed by atoms with Crippen LogP contribution in [0.2, 0.25) is 0 Å². The van der Waals surface area contributed by atoms with Crippen LogP contribution in [0.15, 0.2) is 0 Å². The molecule has 0 aromatic heterocycles. The van der Waals surface area contributed by atoms with Crippen LogP contribution in [0.25, 0.3) is 0 Å². The van der Waals surface area contributed by atoms with Gasteiger partial charge in [0.2, 0.25) is 0 Å². The summed E-state index contributed by atoms with van der Waals surface area (Å²) >= 11 is 0. The van der Waals surface area contributed by atoms with Crippen molar-refractivity contribution >= 4 is 0 Å². The van der Waals surface area contributed by atoms with E-state index in [0.717, 1.165) is 12.1 Å². The number of quaternary nitrogens is 2. The van der Waals surface area contributed by atoms with Crippen molar-refractivity contribution in [1.29, 1.82) is 0 Å². The van der Waals surface area contributed by atoms with Gasteiger partial charge in [-0.05, 0) is 51.4 Å². The largest absolute Gasteiger partial charge is 1.00 e. The van der Waals surface area contributed by atoms with E-state index in [9.17, 15) is 0 Å². The third kappa shape index (κ3) is 15.3. The number of nitrogens with two attached hydrogens (primary N) is 2. The molecule has 0 amide bonds. The smallest absolute Gasteiger partial charge is 0.0853 e. The zero-order valence-corrected chi connectivity index (χ0v) is 17.3. The Balaban J connectivity index is -0.00000144.